The van der Waals surface area contributed by atoms with E-state index in [0.717, 1.165) is 22.0 Å². The number of aryl methyl sites for hydroxylation is 1. The summed E-state index contributed by atoms with van der Waals surface area (Å²) in [6.45, 7) is 3.47. The zero-order valence-corrected chi connectivity index (χ0v) is 9.33. The minimum absolute atomic E-state index is 0.0932. The number of aromatic amines is 1. The molecule has 3 heteroatoms. The van der Waals surface area contributed by atoms with Crippen LogP contribution in [0.15, 0.2) is 29.1 Å². The fourth-order valence-corrected chi connectivity index (χ4v) is 1.87. The van der Waals surface area contributed by atoms with Crippen molar-refractivity contribution in [3.05, 3.63) is 45.7 Å². The molecule has 0 saturated carbocycles. The second-order valence-electron chi connectivity index (χ2n) is 4.08. The number of rotatable bonds is 2. The van der Waals surface area contributed by atoms with Gasteiger partial charge in [-0.15, -0.1) is 0 Å². The highest BCUT2D eigenvalue weighted by Gasteiger charge is 2.03. The summed E-state index contributed by atoms with van der Waals surface area (Å²) < 4.78 is 0. The first-order valence-electron chi connectivity index (χ1n) is 5.18. The third-order valence-electron chi connectivity index (χ3n) is 2.57. The molecule has 0 saturated heterocycles. The van der Waals surface area contributed by atoms with E-state index >= 15 is 0 Å². The average Bonchev–Trinajstić information content (AvgIpc) is 2.18. The van der Waals surface area contributed by atoms with Crippen LogP contribution in [0, 0.1) is 6.92 Å². The van der Waals surface area contributed by atoms with Crippen LogP contribution in [0.25, 0.3) is 10.9 Å². The van der Waals surface area contributed by atoms with E-state index in [2.05, 4.69) is 4.98 Å². The van der Waals surface area contributed by atoms with Gasteiger partial charge in [0.15, 0.2) is 0 Å². The summed E-state index contributed by atoms with van der Waals surface area (Å²) in [7, 11) is 0. The number of fused-ring (bicyclic) bond motifs is 1. The predicted octanol–water partition coefficient (Wildman–Crippen LogP) is 1.97. The van der Waals surface area contributed by atoms with Gasteiger partial charge in [-0.25, -0.2) is 0 Å². The SMILES string of the molecule is CC(=O)Cc1ccc2[nH]c(=O)cc(C)c2c1. The molecule has 1 aromatic heterocycles. The van der Waals surface area contributed by atoms with Crippen LogP contribution >= 0.6 is 0 Å². The summed E-state index contributed by atoms with van der Waals surface area (Å²) in [5.74, 6) is 0.140. The van der Waals surface area contributed by atoms with E-state index in [0.29, 0.717) is 6.42 Å². The molecule has 3 nitrogen and oxygen atoms in total. The third kappa shape index (κ3) is 2.03. The Morgan fingerprint density at radius 2 is 2.06 bits per heavy atom. The van der Waals surface area contributed by atoms with Crippen LogP contribution in [0.4, 0.5) is 0 Å². The van der Waals surface area contributed by atoms with Gasteiger partial charge in [-0.1, -0.05) is 6.07 Å². The number of carbonyl (C=O) groups is 1. The van der Waals surface area contributed by atoms with Crippen LogP contribution in [-0.2, 0) is 11.2 Å². The van der Waals surface area contributed by atoms with Crippen molar-refractivity contribution < 1.29 is 4.79 Å². The smallest absolute Gasteiger partial charge is 0.248 e. The van der Waals surface area contributed by atoms with E-state index in [9.17, 15) is 9.59 Å². The third-order valence-corrected chi connectivity index (χ3v) is 2.57. The highest BCUT2D eigenvalue weighted by atomic mass is 16.1. The summed E-state index contributed by atoms with van der Waals surface area (Å²) in [6, 6.07) is 7.25. The monoisotopic (exact) mass is 215 g/mol. The van der Waals surface area contributed by atoms with Gasteiger partial charge in [-0.3, -0.25) is 9.59 Å². The lowest BCUT2D eigenvalue weighted by molar-refractivity contribution is -0.116. The number of pyridine rings is 1. The summed E-state index contributed by atoms with van der Waals surface area (Å²) in [6.07, 6.45) is 0.439. The Balaban J connectivity index is 2.61. The van der Waals surface area contributed by atoms with Gasteiger partial charge in [0.25, 0.3) is 0 Å². The number of Topliss-reactive ketones (excluding diaryl/α,β-unsaturated/α-hetero) is 1. The van der Waals surface area contributed by atoms with Gasteiger partial charge < -0.3 is 4.98 Å². The van der Waals surface area contributed by atoms with Gasteiger partial charge in [-0.05, 0) is 37.1 Å². The molecule has 0 radical (unpaired) electrons. The van der Waals surface area contributed by atoms with E-state index in [1.165, 1.54) is 0 Å². The number of carbonyl (C=O) groups excluding carboxylic acids is 1. The highest BCUT2D eigenvalue weighted by Crippen LogP contribution is 2.16. The normalized spacial score (nSPS) is 10.6. The largest absolute Gasteiger partial charge is 0.322 e. The quantitative estimate of drug-likeness (QED) is 0.832. The minimum Gasteiger partial charge on any atom is -0.322 e. The van der Waals surface area contributed by atoms with Crippen LogP contribution in [0.3, 0.4) is 0 Å². The molecule has 0 amide bonds. The number of ketones is 1. The van der Waals surface area contributed by atoms with E-state index in [4.69, 9.17) is 0 Å². The molecular formula is C13H13NO2. The van der Waals surface area contributed by atoms with Crippen LogP contribution < -0.4 is 5.56 Å². The molecule has 0 aliphatic rings. The second-order valence-corrected chi connectivity index (χ2v) is 4.08. The summed E-state index contributed by atoms with van der Waals surface area (Å²) in [5.41, 5.74) is 2.64. The van der Waals surface area contributed by atoms with E-state index in [1.807, 2.05) is 25.1 Å². The molecule has 1 N–H and O–H groups in total. The van der Waals surface area contributed by atoms with Gasteiger partial charge in [0, 0.05) is 23.4 Å². The Labute approximate surface area is 93.1 Å². The number of hydrogen-bond donors (Lipinski definition) is 1. The summed E-state index contributed by atoms with van der Waals surface area (Å²) in [4.78, 5) is 25.1. The van der Waals surface area contributed by atoms with Crippen molar-refractivity contribution in [2.24, 2.45) is 0 Å². The lowest BCUT2D eigenvalue weighted by atomic mass is 10.0. The van der Waals surface area contributed by atoms with Gasteiger partial charge >= 0.3 is 0 Å². The minimum atomic E-state index is -0.0932. The lowest BCUT2D eigenvalue weighted by Gasteiger charge is -2.04. The van der Waals surface area contributed by atoms with Gasteiger partial charge in [0.1, 0.15) is 5.78 Å². The zero-order valence-electron chi connectivity index (χ0n) is 9.33. The molecular weight excluding hydrogens is 202 g/mol. The van der Waals surface area contributed by atoms with Crippen LogP contribution in [0.5, 0.6) is 0 Å². The predicted molar refractivity (Wildman–Crippen MR) is 63.7 cm³/mol. The maximum Gasteiger partial charge on any atom is 0.248 e. The van der Waals surface area contributed by atoms with Crippen molar-refractivity contribution >= 4 is 16.7 Å². The maximum atomic E-state index is 11.3. The molecule has 2 aromatic rings. The van der Waals surface area contributed by atoms with Crippen molar-refractivity contribution in [2.75, 3.05) is 0 Å². The molecule has 0 fully saturated rings. The molecule has 0 aliphatic heterocycles. The fourth-order valence-electron chi connectivity index (χ4n) is 1.87. The van der Waals surface area contributed by atoms with Gasteiger partial charge in [0.05, 0.1) is 0 Å². The first kappa shape index (κ1) is 10.6. The van der Waals surface area contributed by atoms with E-state index < -0.39 is 0 Å². The second kappa shape index (κ2) is 3.93. The molecule has 1 heterocycles. The Morgan fingerprint density at radius 3 is 2.75 bits per heavy atom. The zero-order chi connectivity index (χ0) is 11.7. The average molecular weight is 215 g/mol. The number of benzene rings is 1. The van der Waals surface area contributed by atoms with Crippen LogP contribution in [0.1, 0.15) is 18.1 Å². The first-order chi connectivity index (χ1) is 7.56. The number of H-pyrrole nitrogens is 1. The molecule has 1 aromatic carbocycles. The first-order valence-corrected chi connectivity index (χ1v) is 5.18. The fraction of sp³-hybridized carbons (Fsp3) is 0.231. The molecule has 0 unspecified atom stereocenters. The van der Waals surface area contributed by atoms with Crippen molar-refractivity contribution in [1.29, 1.82) is 0 Å². The van der Waals surface area contributed by atoms with Crippen molar-refractivity contribution in [2.45, 2.75) is 20.3 Å². The standard InChI is InChI=1S/C13H13NO2/c1-8-5-13(16)14-12-4-3-10(6-9(2)15)7-11(8)12/h3-5,7H,6H2,1-2H3,(H,14,16). The Morgan fingerprint density at radius 1 is 1.31 bits per heavy atom. The van der Waals surface area contributed by atoms with E-state index in [-0.39, 0.29) is 11.3 Å². The van der Waals surface area contributed by atoms with Crippen molar-refractivity contribution in [3.63, 3.8) is 0 Å². The highest BCUT2D eigenvalue weighted by molar-refractivity contribution is 5.84. The van der Waals surface area contributed by atoms with E-state index in [1.54, 1.807) is 13.0 Å². The summed E-state index contributed by atoms with van der Waals surface area (Å²) >= 11 is 0. The van der Waals surface area contributed by atoms with Gasteiger partial charge in [-0.2, -0.15) is 0 Å². The number of hydrogen-bond acceptors (Lipinski definition) is 2. The molecule has 16 heavy (non-hydrogen) atoms. The molecule has 2 rings (SSSR count). The molecule has 0 aliphatic carbocycles. The molecule has 0 bridgehead atoms. The van der Waals surface area contributed by atoms with Crippen molar-refractivity contribution in [1.82, 2.24) is 4.98 Å². The number of aromatic nitrogens is 1. The molecule has 82 valence electrons. The molecule has 0 spiro atoms. The Kier molecular flexibility index (Phi) is 2.60. The molecule has 0 atom stereocenters. The van der Waals surface area contributed by atoms with Crippen LogP contribution in [-0.4, -0.2) is 10.8 Å². The van der Waals surface area contributed by atoms with Gasteiger partial charge in [0.2, 0.25) is 5.56 Å². The Hall–Kier alpha value is -1.90. The summed E-state index contributed by atoms with van der Waals surface area (Å²) in [5, 5.41) is 0.998. The van der Waals surface area contributed by atoms with Crippen LogP contribution in [0.2, 0.25) is 0 Å². The van der Waals surface area contributed by atoms with Crippen molar-refractivity contribution in [3.8, 4) is 0 Å². The topological polar surface area (TPSA) is 49.9 Å². The lowest BCUT2D eigenvalue weighted by Crippen LogP contribution is -2.05. The maximum absolute atomic E-state index is 11.3. The number of nitrogens with one attached hydrogen (secondary N) is 1. The Bertz CT molecular complexity index is 611.